The SMILES string of the molecule is CCCCCCc1ccc2c(oc(=S)c3cc(-c4ccc(CCC)cc4)ccc32)c1F. The Balaban J connectivity index is 1.73. The van der Waals surface area contributed by atoms with Crippen molar-refractivity contribution in [2.45, 2.75) is 58.8 Å². The van der Waals surface area contributed by atoms with Gasteiger partial charge in [0.15, 0.2) is 16.1 Å². The first-order chi connectivity index (χ1) is 15.1. The first kappa shape index (κ1) is 21.7. The first-order valence-electron chi connectivity index (χ1n) is 11.4. The second-order valence-electron chi connectivity index (χ2n) is 8.32. The van der Waals surface area contributed by atoms with Gasteiger partial charge in [-0.3, -0.25) is 0 Å². The van der Waals surface area contributed by atoms with Crippen molar-refractivity contribution in [3.05, 3.63) is 76.2 Å². The van der Waals surface area contributed by atoms with E-state index in [4.69, 9.17) is 16.6 Å². The van der Waals surface area contributed by atoms with Crippen LogP contribution in [0.4, 0.5) is 4.39 Å². The summed E-state index contributed by atoms with van der Waals surface area (Å²) in [7, 11) is 0. The molecule has 0 amide bonds. The van der Waals surface area contributed by atoms with Crippen molar-refractivity contribution in [1.29, 1.82) is 0 Å². The molecular weight excluding hydrogens is 403 g/mol. The maximum atomic E-state index is 15.2. The summed E-state index contributed by atoms with van der Waals surface area (Å²) < 4.78 is 21.4. The van der Waals surface area contributed by atoms with Crippen molar-refractivity contribution in [3.8, 4) is 11.1 Å². The number of rotatable bonds is 8. The molecule has 0 saturated carbocycles. The topological polar surface area (TPSA) is 13.1 Å². The maximum absolute atomic E-state index is 15.2. The minimum absolute atomic E-state index is 0.266. The van der Waals surface area contributed by atoms with Crippen LogP contribution in [0.1, 0.15) is 57.1 Å². The molecule has 4 aromatic rings. The molecule has 3 aromatic carbocycles. The highest BCUT2D eigenvalue weighted by Crippen LogP contribution is 2.33. The van der Waals surface area contributed by atoms with Crippen LogP contribution in [-0.4, -0.2) is 0 Å². The van der Waals surface area contributed by atoms with Crippen LogP contribution in [0.15, 0.2) is 59.0 Å². The molecule has 0 radical (unpaired) electrons. The molecule has 3 heteroatoms. The molecule has 4 rings (SSSR count). The highest BCUT2D eigenvalue weighted by atomic mass is 32.1. The highest BCUT2D eigenvalue weighted by molar-refractivity contribution is 7.71. The van der Waals surface area contributed by atoms with Crippen molar-refractivity contribution < 1.29 is 8.81 Å². The van der Waals surface area contributed by atoms with Gasteiger partial charge in [0.05, 0.1) is 0 Å². The van der Waals surface area contributed by atoms with E-state index in [2.05, 4.69) is 50.2 Å². The van der Waals surface area contributed by atoms with E-state index < -0.39 is 0 Å². The number of benzene rings is 3. The monoisotopic (exact) mass is 432 g/mol. The Morgan fingerprint density at radius 1 is 0.742 bits per heavy atom. The van der Waals surface area contributed by atoms with E-state index in [1.807, 2.05) is 18.2 Å². The van der Waals surface area contributed by atoms with Gasteiger partial charge in [-0.1, -0.05) is 88.1 Å². The smallest absolute Gasteiger partial charge is 0.198 e. The number of hydrogen-bond donors (Lipinski definition) is 0. The van der Waals surface area contributed by atoms with Gasteiger partial charge in [-0.2, -0.15) is 0 Å². The Hall–Kier alpha value is -2.52. The van der Waals surface area contributed by atoms with E-state index in [1.165, 1.54) is 18.4 Å². The molecular formula is C28H29FOS. The van der Waals surface area contributed by atoms with Gasteiger partial charge >= 0.3 is 0 Å². The van der Waals surface area contributed by atoms with Gasteiger partial charge in [-0.25, -0.2) is 4.39 Å². The van der Waals surface area contributed by atoms with Crippen molar-refractivity contribution in [3.63, 3.8) is 0 Å². The molecule has 0 aliphatic carbocycles. The normalized spacial score (nSPS) is 11.5. The van der Waals surface area contributed by atoms with E-state index >= 15 is 4.39 Å². The minimum atomic E-state index is -0.266. The lowest BCUT2D eigenvalue weighted by Crippen LogP contribution is -1.94. The summed E-state index contributed by atoms with van der Waals surface area (Å²) in [6.45, 7) is 4.37. The largest absolute Gasteiger partial charge is 0.441 e. The average molecular weight is 433 g/mol. The third-order valence-corrected chi connectivity index (χ3v) is 6.33. The molecule has 0 spiro atoms. The van der Waals surface area contributed by atoms with Crippen LogP contribution in [-0.2, 0) is 12.8 Å². The molecule has 0 saturated heterocycles. The van der Waals surface area contributed by atoms with Crippen molar-refractivity contribution in [2.24, 2.45) is 0 Å². The fourth-order valence-electron chi connectivity index (χ4n) is 4.27. The molecule has 31 heavy (non-hydrogen) atoms. The van der Waals surface area contributed by atoms with Crippen LogP contribution in [0, 0.1) is 10.5 Å². The second-order valence-corrected chi connectivity index (χ2v) is 8.69. The van der Waals surface area contributed by atoms with Gasteiger partial charge in [0.2, 0.25) is 0 Å². The lowest BCUT2D eigenvalue weighted by atomic mass is 9.98. The lowest BCUT2D eigenvalue weighted by molar-refractivity contribution is 0.535. The molecule has 0 bridgehead atoms. The van der Waals surface area contributed by atoms with Gasteiger partial charge < -0.3 is 4.42 Å². The Morgan fingerprint density at radius 2 is 1.48 bits per heavy atom. The molecule has 0 aliphatic rings. The first-order valence-corrected chi connectivity index (χ1v) is 11.8. The van der Waals surface area contributed by atoms with E-state index in [9.17, 15) is 0 Å². The molecule has 1 nitrogen and oxygen atoms in total. The van der Waals surface area contributed by atoms with E-state index in [1.54, 1.807) is 0 Å². The van der Waals surface area contributed by atoms with Crippen LogP contribution >= 0.6 is 12.2 Å². The summed E-state index contributed by atoms with van der Waals surface area (Å²) in [6.07, 6.45) is 7.43. The van der Waals surface area contributed by atoms with Crippen molar-refractivity contribution in [1.82, 2.24) is 0 Å². The maximum Gasteiger partial charge on any atom is 0.198 e. The molecule has 160 valence electrons. The Bertz CT molecular complexity index is 1250. The Labute approximate surface area is 188 Å². The molecule has 1 heterocycles. The van der Waals surface area contributed by atoms with Crippen LogP contribution in [0.25, 0.3) is 32.9 Å². The number of unbranched alkanes of at least 4 members (excludes halogenated alkanes) is 3. The quantitative estimate of drug-likeness (QED) is 0.156. The van der Waals surface area contributed by atoms with Crippen molar-refractivity contribution >= 4 is 34.0 Å². The lowest BCUT2D eigenvalue weighted by Gasteiger charge is -2.10. The average Bonchev–Trinajstić information content (AvgIpc) is 2.79. The fraction of sp³-hybridized carbons (Fsp3) is 0.321. The van der Waals surface area contributed by atoms with Crippen LogP contribution in [0.3, 0.4) is 0 Å². The Kier molecular flexibility index (Phi) is 6.82. The Morgan fingerprint density at radius 3 is 2.23 bits per heavy atom. The number of halogens is 1. The zero-order chi connectivity index (χ0) is 21.8. The predicted molar refractivity (Wildman–Crippen MR) is 132 cm³/mol. The third kappa shape index (κ3) is 4.57. The molecule has 1 aromatic heterocycles. The zero-order valence-corrected chi connectivity index (χ0v) is 19.2. The zero-order valence-electron chi connectivity index (χ0n) is 18.3. The van der Waals surface area contributed by atoms with Crippen LogP contribution in [0.5, 0.6) is 0 Å². The number of aryl methyl sites for hydroxylation is 2. The molecule has 0 atom stereocenters. The van der Waals surface area contributed by atoms with Gasteiger partial charge in [-0.15, -0.1) is 0 Å². The standard InChI is InChI=1S/C28H29FOS/c1-3-5-6-7-9-21-14-17-24-23-16-15-22(20-12-10-19(8-4-2)11-13-20)18-25(23)28(31)30-27(24)26(21)29/h10-18H,3-9H2,1-2H3. The third-order valence-electron chi connectivity index (χ3n) is 6.03. The molecule has 0 N–H and O–H groups in total. The number of fused-ring (bicyclic) bond motifs is 3. The summed E-state index contributed by atoms with van der Waals surface area (Å²) >= 11 is 5.54. The van der Waals surface area contributed by atoms with Gasteiger partial charge in [0, 0.05) is 10.8 Å². The highest BCUT2D eigenvalue weighted by Gasteiger charge is 2.14. The minimum Gasteiger partial charge on any atom is -0.441 e. The van der Waals surface area contributed by atoms with E-state index in [0.717, 1.165) is 59.4 Å². The summed E-state index contributed by atoms with van der Waals surface area (Å²) in [6, 6.07) is 18.7. The summed E-state index contributed by atoms with van der Waals surface area (Å²) in [4.78, 5) is 0. The fourth-order valence-corrected chi connectivity index (χ4v) is 4.52. The molecule has 0 aliphatic heterocycles. The summed E-state index contributed by atoms with van der Waals surface area (Å²) in [5, 5.41) is 2.57. The second kappa shape index (κ2) is 9.74. The van der Waals surface area contributed by atoms with Crippen LogP contribution in [0.2, 0.25) is 0 Å². The van der Waals surface area contributed by atoms with Gasteiger partial charge in [-0.05, 0) is 65.2 Å². The van der Waals surface area contributed by atoms with Gasteiger partial charge in [0.1, 0.15) is 0 Å². The number of hydrogen-bond acceptors (Lipinski definition) is 2. The summed E-state index contributed by atoms with van der Waals surface area (Å²) in [5.74, 6) is -0.266. The summed E-state index contributed by atoms with van der Waals surface area (Å²) in [5.41, 5.74) is 4.57. The van der Waals surface area contributed by atoms with Gasteiger partial charge in [0.25, 0.3) is 0 Å². The molecule has 0 fully saturated rings. The van der Waals surface area contributed by atoms with Crippen molar-refractivity contribution in [2.75, 3.05) is 0 Å². The predicted octanol–water partition coefficient (Wildman–Crippen LogP) is 9.20. The molecule has 0 unspecified atom stereocenters. The van der Waals surface area contributed by atoms with Crippen LogP contribution < -0.4 is 0 Å². The van der Waals surface area contributed by atoms with E-state index in [0.29, 0.717) is 10.3 Å². The van der Waals surface area contributed by atoms with E-state index in [-0.39, 0.29) is 11.4 Å².